The predicted octanol–water partition coefficient (Wildman–Crippen LogP) is 5.44. The van der Waals surface area contributed by atoms with E-state index in [-0.39, 0.29) is 0 Å². The molecule has 5 rings (SSSR count). The van der Waals surface area contributed by atoms with Crippen LogP contribution in [0.4, 0.5) is 0 Å². The Morgan fingerprint density at radius 3 is 1.71 bits per heavy atom. The van der Waals surface area contributed by atoms with Crippen molar-refractivity contribution in [2.75, 3.05) is 0 Å². The first kappa shape index (κ1) is 10.9. The van der Waals surface area contributed by atoms with Gasteiger partial charge in [0.2, 0.25) is 0 Å². The maximum Gasteiger partial charge on any atom is 0.116 e. The van der Waals surface area contributed by atoms with Gasteiger partial charge in [-0.2, -0.15) is 0 Å². The van der Waals surface area contributed by atoms with Crippen LogP contribution in [0.15, 0.2) is 66.7 Å². The summed E-state index contributed by atoms with van der Waals surface area (Å²) in [5.41, 5.74) is 0. The maximum absolute atomic E-state index is 10.1. The third-order valence-electron chi connectivity index (χ3n) is 4.45. The first-order valence-electron chi connectivity index (χ1n) is 7.11. The van der Waals surface area contributed by atoms with Crippen LogP contribution in [-0.4, -0.2) is 5.11 Å². The summed E-state index contributed by atoms with van der Waals surface area (Å²) in [6, 6.07) is 22.9. The van der Waals surface area contributed by atoms with E-state index in [0.29, 0.717) is 5.75 Å². The van der Waals surface area contributed by atoms with Crippen molar-refractivity contribution in [3.05, 3.63) is 66.7 Å². The number of benzene rings is 5. The first-order valence-corrected chi connectivity index (χ1v) is 7.11. The van der Waals surface area contributed by atoms with E-state index in [9.17, 15) is 5.11 Å². The highest BCUT2D eigenvalue weighted by Gasteiger charge is 2.12. The van der Waals surface area contributed by atoms with Gasteiger partial charge in [-0.3, -0.25) is 0 Å². The molecule has 0 amide bonds. The Labute approximate surface area is 121 Å². The highest BCUT2D eigenvalue weighted by atomic mass is 16.3. The molecule has 5 aromatic rings. The highest BCUT2D eigenvalue weighted by Crippen LogP contribution is 2.41. The van der Waals surface area contributed by atoms with Gasteiger partial charge in [-0.1, -0.05) is 54.6 Å². The van der Waals surface area contributed by atoms with Gasteiger partial charge in [0.1, 0.15) is 5.75 Å². The molecule has 0 bridgehead atoms. The summed E-state index contributed by atoms with van der Waals surface area (Å²) in [5, 5.41) is 19.8. The van der Waals surface area contributed by atoms with Gasteiger partial charge < -0.3 is 5.11 Å². The zero-order valence-corrected chi connectivity index (χ0v) is 11.3. The summed E-state index contributed by atoms with van der Waals surface area (Å²) in [6.45, 7) is 0. The van der Waals surface area contributed by atoms with Crippen molar-refractivity contribution in [3.8, 4) is 5.75 Å². The lowest BCUT2D eigenvalue weighted by Crippen LogP contribution is -1.86. The van der Waals surface area contributed by atoms with Gasteiger partial charge in [0, 0.05) is 0 Å². The zero-order chi connectivity index (χ0) is 14.0. The molecule has 0 aromatic heterocycles. The summed E-state index contributed by atoms with van der Waals surface area (Å²) < 4.78 is 0. The average molecular weight is 268 g/mol. The Balaban J connectivity index is 2.29. The SMILES string of the molecule is Oc1cc2cccc3c4cccc5cccc(c(c1)c23)c54. The molecule has 0 aliphatic rings. The smallest absolute Gasteiger partial charge is 0.116 e. The minimum Gasteiger partial charge on any atom is -0.508 e. The van der Waals surface area contributed by atoms with E-state index in [1.54, 1.807) is 0 Å². The number of rotatable bonds is 0. The summed E-state index contributed by atoms with van der Waals surface area (Å²) in [7, 11) is 0. The summed E-state index contributed by atoms with van der Waals surface area (Å²) >= 11 is 0. The van der Waals surface area contributed by atoms with Gasteiger partial charge >= 0.3 is 0 Å². The molecule has 0 aliphatic carbocycles. The van der Waals surface area contributed by atoms with Crippen LogP contribution < -0.4 is 0 Å². The number of phenolic OH excluding ortho intramolecular Hbond substituents is 1. The Hall–Kier alpha value is -2.80. The molecular formula is C20H12O. The third-order valence-corrected chi connectivity index (χ3v) is 4.45. The van der Waals surface area contributed by atoms with Crippen LogP contribution in [0, 0.1) is 0 Å². The molecule has 21 heavy (non-hydrogen) atoms. The fourth-order valence-corrected chi connectivity index (χ4v) is 3.64. The average Bonchev–Trinajstić information content (AvgIpc) is 2.51. The largest absolute Gasteiger partial charge is 0.508 e. The summed E-state index contributed by atoms with van der Waals surface area (Å²) in [5.74, 6) is 0.325. The quantitative estimate of drug-likeness (QED) is 0.293. The molecule has 0 radical (unpaired) electrons. The normalized spacial score (nSPS) is 12.0. The topological polar surface area (TPSA) is 20.2 Å². The molecule has 5 aromatic carbocycles. The minimum absolute atomic E-state index is 0.325. The van der Waals surface area contributed by atoms with Crippen LogP contribution in [0.25, 0.3) is 43.1 Å². The highest BCUT2D eigenvalue weighted by molar-refractivity contribution is 6.33. The van der Waals surface area contributed by atoms with E-state index >= 15 is 0 Å². The van der Waals surface area contributed by atoms with Gasteiger partial charge in [-0.15, -0.1) is 0 Å². The number of aromatic hydroxyl groups is 1. The Bertz CT molecular complexity index is 1130. The second kappa shape index (κ2) is 3.64. The molecule has 0 spiro atoms. The molecule has 0 unspecified atom stereocenters. The first-order chi connectivity index (χ1) is 10.3. The lowest BCUT2D eigenvalue weighted by Gasteiger charge is -2.14. The van der Waals surface area contributed by atoms with Gasteiger partial charge in [0.25, 0.3) is 0 Å². The molecule has 98 valence electrons. The van der Waals surface area contributed by atoms with Crippen LogP contribution in [-0.2, 0) is 0 Å². The van der Waals surface area contributed by atoms with E-state index in [0.717, 1.165) is 10.8 Å². The monoisotopic (exact) mass is 268 g/mol. The molecular weight excluding hydrogens is 256 g/mol. The summed E-state index contributed by atoms with van der Waals surface area (Å²) in [4.78, 5) is 0. The fraction of sp³-hybridized carbons (Fsp3) is 0. The lowest BCUT2D eigenvalue weighted by molar-refractivity contribution is 0.477. The molecule has 0 saturated carbocycles. The second-order valence-corrected chi connectivity index (χ2v) is 5.61. The van der Waals surface area contributed by atoms with Crippen LogP contribution >= 0.6 is 0 Å². The van der Waals surface area contributed by atoms with Crippen molar-refractivity contribution in [2.24, 2.45) is 0 Å². The number of phenols is 1. The fourth-order valence-electron chi connectivity index (χ4n) is 3.64. The Morgan fingerprint density at radius 1 is 0.524 bits per heavy atom. The van der Waals surface area contributed by atoms with Crippen molar-refractivity contribution in [1.29, 1.82) is 0 Å². The van der Waals surface area contributed by atoms with Gasteiger partial charge in [0.05, 0.1) is 0 Å². The van der Waals surface area contributed by atoms with Crippen LogP contribution in [0.5, 0.6) is 5.75 Å². The second-order valence-electron chi connectivity index (χ2n) is 5.61. The van der Waals surface area contributed by atoms with Crippen molar-refractivity contribution >= 4 is 43.1 Å². The summed E-state index contributed by atoms with van der Waals surface area (Å²) in [6.07, 6.45) is 0. The number of hydrogen-bond donors (Lipinski definition) is 1. The number of hydrogen-bond acceptors (Lipinski definition) is 1. The molecule has 0 aliphatic heterocycles. The van der Waals surface area contributed by atoms with Gasteiger partial charge in [-0.25, -0.2) is 0 Å². The standard InChI is InChI=1S/C20H12O/c21-14-10-13-6-3-8-16-15-7-1-4-12-5-2-9-17(19(12)15)18(11-14)20(13)16/h1-11,21H. The predicted molar refractivity (Wildman–Crippen MR) is 89.3 cm³/mol. The van der Waals surface area contributed by atoms with Crippen LogP contribution in [0.2, 0.25) is 0 Å². The molecule has 0 heterocycles. The Kier molecular flexibility index (Phi) is 1.90. The molecule has 1 heteroatoms. The lowest BCUT2D eigenvalue weighted by atomic mass is 9.90. The molecule has 0 fully saturated rings. The van der Waals surface area contributed by atoms with Gasteiger partial charge in [0.15, 0.2) is 0 Å². The van der Waals surface area contributed by atoms with Gasteiger partial charge in [-0.05, 0) is 55.2 Å². The van der Waals surface area contributed by atoms with Crippen molar-refractivity contribution in [1.82, 2.24) is 0 Å². The van der Waals surface area contributed by atoms with Crippen molar-refractivity contribution in [2.45, 2.75) is 0 Å². The van der Waals surface area contributed by atoms with E-state index in [4.69, 9.17) is 0 Å². The van der Waals surface area contributed by atoms with Crippen LogP contribution in [0.3, 0.4) is 0 Å². The van der Waals surface area contributed by atoms with Crippen molar-refractivity contribution in [3.63, 3.8) is 0 Å². The zero-order valence-electron chi connectivity index (χ0n) is 11.3. The molecule has 0 atom stereocenters. The van der Waals surface area contributed by atoms with Crippen molar-refractivity contribution < 1.29 is 5.11 Å². The Morgan fingerprint density at radius 2 is 1.05 bits per heavy atom. The van der Waals surface area contributed by atoms with E-state index in [1.165, 1.54) is 32.3 Å². The molecule has 1 nitrogen and oxygen atoms in total. The molecule has 0 saturated heterocycles. The third kappa shape index (κ3) is 1.30. The number of fused-ring (bicyclic) bond motifs is 2. The molecule has 1 N–H and O–H groups in total. The minimum atomic E-state index is 0.325. The van der Waals surface area contributed by atoms with E-state index in [1.807, 2.05) is 12.1 Å². The van der Waals surface area contributed by atoms with Crippen LogP contribution in [0.1, 0.15) is 0 Å². The van der Waals surface area contributed by atoms with E-state index < -0.39 is 0 Å². The van der Waals surface area contributed by atoms with E-state index in [2.05, 4.69) is 54.6 Å². The maximum atomic E-state index is 10.1.